The van der Waals surface area contributed by atoms with Crippen molar-refractivity contribution in [3.8, 4) is 11.5 Å². The highest BCUT2D eigenvalue weighted by molar-refractivity contribution is 5.83. The summed E-state index contributed by atoms with van der Waals surface area (Å²) in [6.07, 6.45) is 7.61. The van der Waals surface area contributed by atoms with E-state index in [0.29, 0.717) is 13.1 Å². The molecule has 3 aromatic rings. The molecule has 8 heteroatoms. The largest absolute Gasteiger partial charge is 0.497 e. The molecule has 0 atom stereocenters. The number of para-hydroxylation sites is 1. The highest BCUT2D eigenvalue weighted by atomic mass is 16.5. The van der Waals surface area contributed by atoms with Gasteiger partial charge in [0, 0.05) is 61.3 Å². The van der Waals surface area contributed by atoms with Crippen molar-refractivity contribution in [3.63, 3.8) is 0 Å². The van der Waals surface area contributed by atoms with Crippen molar-refractivity contribution < 1.29 is 14.3 Å². The van der Waals surface area contributed by atoms with Crippen molar-refractivity contribution in [3.05, 3.63) is 71.2 Å². The van der Waals surface area contributed by atoms with Gasteiger partial charge in [-0.25, -0.2) is 4.79 Å². The van der Waals surface area contributed by atoms with Crippen LogP contribution in [0, 0.1) is 0 Å². The van der Waals surface area contributed by atoms with E-state index in [0.717, 1.165) is 71.8 Å². The molecule has 8 nitrogen and oxygen atoms in total. The lowest BCUT2D eigenvalue weighted by atomic mass is 9.77. The van der Waals surface area contributed by atoms with Crippen LogP contribution in [0.5, 0.6) is 11.5 Å². The third-order valence-electron chi connectivity index (χ3n) is 8.81. The summed E-state index contributed by atoms with van der Waals surface area (Å²) in [5.74, 6) is 1.54. The van der Waals surface area contributed by atoms with E-state index in [1.165, 1.54) is 5.56 Å². The van der Waals surface area contributed by atoms with E-state index in [9.17, 15) is 4.79 Å². The molecule has 0 bridgehead atoms. The monoisotopic (exact) mass is 527 g/mol. The van der Waals surface area contributed by atoms with Crippen LogP contribution >= 0.6 is 0 Å². The Labute approximate surface area is 230 Å². The molecule has 1 aromatic heterocycles. The molecule has 0 unspecified atom stereocenters. The van der Waals surface area contributed by atoms with E-state index in [-0.39, 0.29) is 17.0 Å². The maximum absolute atomic E-state index is 14.0. The number of hydrogen-bond acceptors (Lipinski definition) is 6. The molecule has 0 aliphatic carbocycles. The smallest absolute Gasteiger partial charge is 0.325 e. The van der Waals surface area contributed by atoms with Crippen LogP contribution in [0.2, 0.25) is 0 Å². The van der Waals surface area contributed by atoms with Gasteiger partial charge in [-0.3, -0.25) is 19.8 Å². The van der Waals surface area contributed by atoms with Gasteiger partial charge in [-0.1, -0.05) is 32.1 Å². The van der Waals surface area contributed by atoms with Gasteiger partial charge in [-0.15, -0.1) is 0 Å². The van der Waals surface area contributed by atoms with Crippen molar-refractivity contribution in [1.29, 1.82) is 0 Å². The fourth-order valence-electron chi connectivity index (χ4n) is 7.02. The van der Waals surface area contributed by atoms with Gasteiger partial charge in [0.1, 0.15) is 11.5 Å². The summed E-state index contributed by atoms with van der Waals surface area (Å²) >= 11 is 0. The molecular weight excluding hydrogens is 490 g/mol. The second-order valence-electron chi connectivity index (χ2n) is 11.4. The van der Waals surface area contributed by atoms with Gasteiger partial charge in [-0.2, -0.15) is 0 Å². The van der Waals surface area contributed by atoms with Crippen LogP contribution in [0.4, 0.5) is 4.79 Å². The lowest BCUT2D eigenvalue weighted by molar-refractivity contribution is 0.0887. The predicted octanol–water partition coefficient (Wildman–Crippen LogP) is 5.11. The quantitative estimate of drug-likeness (QED) is 0.459. The summed E-state index contributed by atoms with van der Waals surface area (Å²) in [4.78, 5) is 29.6. The Balaban J connectivity index is 1.34. The highest BCUT2D eigenvalue weighted by Crippen LogP contribution is 2.50. The minimum Gasteiger partial charge on any atom is -0.497 e. The molecule has 2 amide bonds. The Morgan fingerprint density at radius 2 is 1.79 bits per heavy atom. The number of likely N-dealkylation sites (N-methyl/N-ethyl adjacent to an activating group) is 1. The molecule has 0 radical (unpaired) electrons. The number of carbonyl (C=O) groups excluding carboxylic acids is 1. The lowest BCUT2D eigenvalue weighted by Crippen LogP contribution is -2.53. The number of likely N-dealkylation sites (tertiary alicyclic amines) is 1. The van der Waals surface area contributed by atoms with Crippen molar-refractivity contribution in [2.24, 2.45) is 0 Å². The summed E-state index contributed by atoms with van der Waals surface area (Å²) in [6, 6.07) is 10.3. The van der Waals surface area contributed by atoms with E-state index < -0.39 is 0 Å². The number of ether oxygens (including phenoxy) is 2. The summed E-state index contributed by atoms with van der Waals surface area (Å²) in [6.45, 7) is 10.4. The molecule has 2 aromatic carbocycles. The van der Waals surface area contributed by atoms with E-state index in [1.54, 1.807) is 26.6 Å². The van der Waals surface area contributed by atoms with Crippen molar-refractivity contribution in [2.75, 3.05) is 33.9 Å². The van der Waals surface area contributed by atoms with Crippen LogP contribution in [-0.4, -0.2) is 70.1 Å². The minimum atomic E-state index is -0.327. The van der Waals surface area contributed by atoms with Crippen LogP contribution in [0.25, 0.3) is 11.0 Å². The molecule has 2 fully saturated rings. The number of aromatic nitrogens is 2. The number of methoxy groups -OCH3 is 2. The third-order valence-corrected chi connectivity index (χ3v) is 8.81. The zero-order valence-corrected chi connectivity index (χ0v) is 23.5. The summed E-state index contributed by atoms with van der Waals surface area (Å²) in [5, 5.41) is 0. The molecule has 39 heavy (non-hydrogen) atoms. The minimum absolute atomic E-state index is 0.0898. The Morgan fingerprint density at radius 1 is 1.03 bits per heavy atom. The van der Waals surface area contributed by atoms with Gasteiger partial charge < -0.3 is 14.4 Å². The van der Waals surface area contributed by atoms with Crippen LogP contribution in [0.1, 0.15) is 50.3 Å². The van der Waals surface area contributed by atoms with Crippen LogP contribution < -0.4 is 9.47 Å². The zero-order chi connectivity index (χ0) is 27.4. The van der Waals surface area contributed by atoms with Crippen molar-refractivity contribution in [1.82, 2.24) is 24.7 Å². The van der Waals surface area contributed by atoms with Crippen molar-refractivity contribution in [2.45, 2.75) is 57.7 Å². The topological polar surface area (TPSA) is 71.0 Å². The second kappa shape index (κ2) is 9.52. The lowest BCUT2D eigenvalue weighted by Gasteiger charge is -2.44. The van der Waals surface area contributed by atoms with Gasteiger partial charge >= 0.3 is 6.03 Å². The van der Waals surface area contributed by atoms with E-state index >= 15 is 0 Å². The molecule has 0 N–H and O–H groups in total. The molecule has 204 valence electrons. The summed E-state index contributed by atoms with van der Waals surface area (Å²) in [7, 11) is 3.37. The normalized spacial score (nSPS) is 20.0. The second-order valence-corrected chi connectivity index (χ2v) is 11.4. The third kappa shape index (κ3) is 4.04. The SMILES string of the molecule is CCN1C(=O)N2Cc3cc(OC)cc(OC)c3C(C)(C)C=C2C12CCN(Cc1cccc3nccnc13)CC2. The summed E-state index contributed by atoms with van der Waals surface area (Å²) in [5.41, 5.74) is 5.76. The highest BCUT2D eigenvalue weighted by Gasteiger charge is 2.55. The number of amides is 2. The summed E-state index contributed by atoms with van der Waals surface area (Å²) < 4.78 is 11.4. The van der Waals surface area contributed by atoms with Gasteiger partial charge in [0.25, 0.3) is 0 Å². The van der Waals surface area contributed by atoms with Gasteiger partial charge in [-0.05, 0) is 43.0 Å². The first-order valence-corrected chi connectivity index (χ1v) is 13.8. The Kier molecular flexibility index (Phi) is 6.25. The van der Waals surface area contributed by atoms with Gasteiger partial charge in [0.05, 0.1) is 37.3 Å². The number of benzene rings is 2. The fourth-order valence-corrected chi connectivity index (χ4v) is 7.02. The van der Waals surface area contributed by atoms with Crippen LogP contribution in [-0.2, 0) is 18.5 Å². The van der Waals surface area contributed by atoms with Gasteiger partial charge in [0.15, 0.2) is 0 Å². The van der Waals surface area contributed by atoms with E-state index in [2.05, 4.69) is 64.8 Å². The molecule has 4 heterocycles. The van der Waals surface area contributed by atoms with Gasteiger partial charge in [0.2, 0.25) is 0 Å². The maximum Gasteiger partial charge on any atom is 0.325 e. The Bertz CT molecular complexity index is 1450. The molecule has 0 saturated carbocycles. The number of hydrogen-bond donors (Lipinski definition) is 0. The first-order chi connectivity index (χ1) is 18.8. The standard InChI is InChI=1S/C31H37N5O3/c1-6-36-29(37)35-20-22-16-23(38-4)17-25(39-5)27(22)30(2,3)18-26(35)31(36)10-14-34(15-11-31)19-21-8-7-9-24-28(21)33-13-12-32-24/h7-9,12-13,16-18H,6,10-11,14-15,19-20H2,1-5H3. The number of nitrogens with zero attached hydrogens (tertiary/aromatic N) is 5. The van der Waals surface area contributed by atoms with Crippen LogP contribution in [0.15, 0.2) is 54.5 Å². The molecular formula is C31H37N5O3. The molecule has 3 aliphatic heterocycles. The number of fused-ring (bicyclic) bond motifs is 4. The average molecular weight is 528 g/mol. The number of urea groups is 1. The fraction of sp³-hybridized carbons (Fsp3) is 0.452. The maximum atomic E-state index is 14.0. The molecule has 3 aliphatic rings. The molecule has 2 saturated heterocycles. The number of carbonyl (C=O) groups is 1. The predicted molar refractivity (Wildman–Crippen MR) is 151 cm³/mol. The zero-order valence-electron chi connectivity index (χ0n) is 23.5. The van der Waals surface area contributed by atoms with Crippen LogP contribution in [0.3, 0.4) is 0 Å². The van der Waals surface area contributed by atoms with E-state index in [4.69, 9.17) is 9.47 Å². The number of rotatable bonds is 5. The van der Waals surface area contributed by atoms with Crippen molar-refractivity contribution >= 4 is 17.1 Å². The van der Waals surface area contributed by atoms with E-state index in [1.807, 2.05) is 17.0 Å². The molecule has 1 spiro atoms. The Hall–Kier alpha value is -3.65. The average Bonchev–Trinajstić information content (AvgIpc) is 3.05. The first kappa shape index (κ1) is 25.6. The Morgan fingerprint density at radius 3 is 2.51 bits per heavy atom. The number of allylic oxidation sites excluding steroid dienone is 1. The first-order valence-electron chi connectivity index (χ1n) is 13.8. The molecule has 6 rings (SSSR count). The number of piperidine rings is 1.